The Hall–Kier alpha value is -0.900. The summed E-state index contributed by atoms with van der Waals surface area (Å²) in [5.41, 5.74) is 1.66. The van der Waals surface area contributed by atoms with E-state index in [0.29, 0.717) is 15.9 Å². The highest BCUT2D eigenvalue weighted by atomic mass is 79.9. The monoisotopic (exact) mass is 328 g/mol. The molecule has 0 spiro atoms. The molecular weight excluding hydrogens is 319 g/mol. The number of hydrogen-bond acceptors (Lipinski definition) is 1. The van der Waals surface area contributed by atoms with E-state index in [0.717, 1.165) is 11.1 Å². The van der Waals surface area contributed by atoms with Crippen molar-refractivity contribution in [3.05, 3.63) is 68.9 Å². The van der Waals surface area contributed by atoms with Gasteiger partial charge in [0, 0.05) is 11.4 Å². The predicted octanol–water partition coefficient (Wildman–Crippen LogP) is 4.52. The van der Waals surface area contributed by atoms with Crippen molar-refractivity contribution in [2.75, 3.05) is 0 Å². The molecule has 0 aromatic heterocycles. The van der Waals surface area contributed by atoms with Crippen molar-refractivity contribution in [1.82, 2.24) is 0 Å². The molecule has 0 radical (unpaired) electrons. The summed E-state index contributed by atoms with van der Waals surface area (Å²) < 4.78 is 13.5. The summed E-state index contributed by atoms with van der Waals surface area (Å²) in [5.74, 6) is -0.306. The largest absolute Gasteiger partial charge is 0.388 e. The third-order valence-corrected chi connectivity index (χ3v) is 3.53. The molecule has 94 valence electrons. The molecule has 2 rings (SSSR count). The molecule has 0 aliphatic carbocycles. The first-order valence-electron chi connectivity index (χ1n) is 5.44. The average molecular weight is 330 g/mol. The van der Waals surface area contributed by atoms with Crippen LogP contribution in [0.3, 0.4) is 0 Å². The first kappa shape index (κ1) is 13.5. The molecule has 0 amide bonds. The predicted molar refractivity (Wildman–Crippen MR) is 74.2 cm³/mol. The minimum atomic E-state index is -0.625. The molecule has 0 saturated heterocycles. The van der Waals surface area contributed by atoms with Crippen LogP contribution in [-0.2, 0) is 6.42 Å². The highest BCUT2D eigenvalue weighted by Gasteiger charge is 2.09. The maximum atomic E-state index is 13.1. The molecule has 0 aliphatic rings. The van der Waals surface area contributed by atoms with Crippen molar-refractivity contribution in [3.8, 4) is 0 Å². The van der Waals surface area contributed by atoms with E-state index >= 15 is 0 Å². The average Bonchev–Trinajstić information content (AvgIpc) is 2.34. The topological polar surface area (TPSA) is 20.2 Å². The molecule has 18 heavy (non-hydrogen) atoms. The van der Waals surface area contributed by atoms with Gasteiger partial charge in [-0.1, -0.05) is 29.8 Å². The van der Waals surface area contributed by atoms with Crippen LogP contribution in [0.5, 0.6) is 0 Å². The lowest BCUT2D eigenvalue weighted by Gasteiger charge is -2.11. The normalized spacial score (nSPS) is 12.4. The van der Waals surface area contributed by atoms with Crippen LogP contribution in [0.4, 0.5) is 4.39 Å². The van der Waals surface area contributed by atoms with Crippen molar-refractivity contribution in [3.63, 3.8) is 0 Å². The minimum Gasteiger partial charge on any atom is -0.388 e. The lowest BCUT2D eigenvalue weighted by Crippen LogP contribution is -2.01. The molecule has 1 N–H and O–H groups in total. The number of hydrogen-bond donors (Lipinski definition) is 1. The van der Waals surface area contributed by atoms with E-state index in [1.807, 2.05) is 0 Å². The van der Waals surface area contributed by atoms with Crippen LogP contribution in [-0.4, -0.2) is 5.11 Å². The van der Waals surface area contributed by atoms with E-state index < -0.39 is 6.10 Å². The van der Waals surface area contributed by atoms with Gasteiger partial charge in [-0.25, -0.2) is 4.39 Å². The highest BCUT2D eigenvalue weighted by molar-refractivity contribution is 9.10. The summed E-state index contributed by atoms with van der Waals surface area (Å²) in [6.45, 7) is 0. The van der Waals surface area contributed by atoms with Crippen LogP contribution >= 0.6 is 27.5 Å². The number of aliphatic hydroxyl groups excluding tert-OH is 1. The second-order valence-corrected chi connectivity index (χ2v) is 5.31. The fourth-order valence-corrected chi connectivity index (χ4v) is 2.24. The molecule has 4 heteroatoms. The molecule has 0 fully saturated rings. The zero-order valence-electron chi connectivity index (χ0n) is 9.41. The van der Waals surface area contributed by atoms with E-state index in [1.165, 1.54) is 6.07 Å². The summed E-state index contributed by atoms with van der Waals surface area (Å²) in [7, 11) is 0. The van der Waals surface area contributed by atoms with Gasteiger partial charge in [0.25, 0.3) is 0 Å². The van der Waals surface area contributed by atoms with Crippen molar-refractivity contribution in [1.29, 1.82) is 0 Å². The first-order valence-corrected chi connectivity index (χ1v) is 6.61. The molecule has 2 aromatic carbocycles. The molecule has 0 aliphatic heterocycles. The quantitative estimate of drug-likeness (QED) is 0.878. The van der Waals surface area contributed by atoms with Gasteiger partial charge < -0.3 is 5.11 Å². The molecule has 1 unspecified atom stereocenters. The Kier molecular flexibility index (Phi) is 4.38. The van der Waals surface area contributed by atoms with Gasteiger partial charge in [-0.05, 0) is 51.3 Å². The smallest absolute Gasteiger partial charge is 0.137 e. The summed E-state index contributed by atoms with van der Waals surface area (Å²) in [4.78, 5) is 0. The zero-order valence-corrected chi connectivity index (χ0v) is 11.7. The number of rotatable bonds is 3. The van der Waals surface area contributed by atoms with E-state index in [4.69, 9.17) is 11.6 Å². The second-order valence-electron chi connectivity index (χ2n) is 4.02. The first-order chi connectivity index (χ1) is 8.56. The Labute approximate surface area is 118 Å². The van der Waals surface area contributed by atoms with Crippen LogP contribution in [0.15, 0.2) is 46.9 Å². The fraction of sp³-hybridized carbons (Fsp3) is 0.143. The standard InChI is InChI=1S/C14H11BrClFO/c15-12-7-9(1-6-13(12)17)8-14(18)10-2-4-11(16)5-3-10/h1-7,14,18H,8H2. The summed E-state index contributed by atoms with van der Waals surface area (Å²) >= 11 is 8.91. The van der Waals surface area contributed by atoms with Crippen LogP contribution in [0.25, 0.3) is 0 Å². The molecule has 0 heterocycles. The molecular formula is C14H11BrClFO. The van der Waals surface area contributed by atoms with Crippen LogP contribution in [0.2, 0.25) is 5.02 Å². The second kappa shape index (κ2) is 5.83. The lowest BCUT2D eigenvalue weighted by atomic mass is 10.0. The number of aliphatic hydroxyl groups is 1. The van der Waals surface area contributed by atoms with Crippen molar-refractivity contribution in [2.24, 2.45) is 0 Å². The Morgan fingerprint density at radius 2 is 1.83 bits per heavy atom. The third kappa shape index (κ3) is 3.31. The van der Waals surface area contributed by atoms with E-state index in [9.17, 15) is 9.50 Å². The van der Waals surface area contributed by atoms with E-state index in [-0.39, 0.29) is 5.82 Å². The number of benzene rings is 2. The molecule has 1 nitrogen and oxygen atoms in total. The number of halogens is 3. The SMILES string of the molecule is OC(Cc1ccc(F)c(Br)c1)c1ccc(Cl)cc1. The Bertz CT molecular complexity index is 542. The van der Waals surface area contributed by atoms with Gasteiger partial charge in [0.2, 0.25) is 0 Å². The van der Waals surface area contributed by atoms with E-state index in [1.54, 1.807) is 36.4 Å². The lowest BCUT2D eigenvalue weighted by molar-refractivity contribution is 0.178. The van der Waals surface area contributed by atoms with Crippen LogP contribution in [0.1, 0.15) is 17.2 Å². The van der Waals surface area contributed by atoms with E-state index in [2.05, 4.69) is 15.9 Å². The van der Waals surface area contributed by atoms with Crippen molar-refractivity contribution < 1.29 is 9.50 Å². The summed E-state index contributed by atoms with van der Waals surface area (Å²) in [6.07, 6.45) is -0.194. The van der Waals surface area contributed by atoms with Crippen LogP contribution in [0, 0.1) is 5.82 Å². The summed E-state index contributed by atoms with van der Waals surface area (Å²) in [5, 5.41) is 10.7. The van der Waals surface area contributed by atoms with Gasteiger partial charge >= 0.3 is 0 Å². The maximum absolute atomic E-state index is 13.1. The van der Waals surface area contributed by atoms with Gasteiger partial charge in [0.15, 0.2) is 0 Å². The van der Waals surface area contributed by atoms with Gasteiger partial charge in [-0.2, -0.15) is 0 Å². The molecule has 1 atom stereocenters. The molecule has 0 bridgehead atoms. The zero-order chi connectivity index (χ0) is 13.1. The minimum absolute atomic E-state index is 0.306. The van der Waals surface area contributed by atoms with Gasteiger partial charge in [-0.3, -0.25) is 0 Å². The highest BCUT2D eigenvalue weighted by Crippen LogP contribution is 2.23. The molecule has 2 aromatic rings. The summed E-state index contributed by atoms with van der Waals surface area (Å²) in [6, 6.07) is 11.8. The van der Waals surface area contributed by atoms with Gasteiger partial charge in [0.1, 0.15) is 5.82 Å². The fourth-order valence-electron chi connectivity index (χ4n) is 1.69. The van der Waals surface area contributed by atoms with Crippen LogP contribution < -0.4 is 0 Å². The van der Waals surface area contributed by atoms with Crippen molar-refractivity contribution in [2.45, 2.75) is 12.5 Å². The Balaban J connectivity index is 2.13. The van der Waals surface area contributed by atoms with Crippen molar-refractivity contribution >= 4 is 27.5 Å². The van der Waals surface area contributed by atoms with Gasteiger partial charge in [-0.15, -0.1) is 0 Å². The Morgan fingerprint density at radius 1 is 1.17 bits per heavy atom. The van der Waals surface area contributed by atoms with Gasteiger partial charge in [0.05, 0.1) is 10.6 Å². The maximum Gasteiger partial charge on any atom is 0.137 e. The molecule has 0 saturated carbocycles. The Morgan fingerprint density at radius 3 is 2.44 bits per heavy atom. The third-order valence-electron chi connectivity index (χ3n) is 2.67.